The molecule has 4 rings (SSSR count). The average molecular weight is 403 g/mol. The highest BCUT2D eigenvalue weighted by molar-refractivity contribution is 6.06. The molecule has 8 heteroatoms. The summed E-state index contributed by atoms with van der Waals surface area (Å²) in [6, 6.07) is 11.5. The highest BCUT2D eigenvalue weighted by Gasteiger charge is 2.44. The summed E-state index contributed by atoms with van der Waals surface area (Å²) in [5, 5.41) is 0. The minimum absolute atomic E-state index is 0.0501. The fraction of sp³-hybridized carbons (Fsp3) is 0.238. The van der Waals surface area contributed by atoms with Crippen LogP contribution in [0.4, 0.5) is 18.9 Å². The van der Waals surface area contributed by atoms with Gasteiger partial charge in [-0.1, -0.05) is 24.3 Å². The van der Waals surface area contributed by atoms with Crippen LogP contribution in [0.3, 0.4) is 0 Å². The minimum atomic E-state index is -4.55. The number of hydrogen-bond donors (Lipinski definition) is 0. The van der Waals surface area contributed by atoms with Gasteiger partial charge in [0.1, 0.15) is 12.4 Å². The van der Waals surface area contributed by atoms with Crippen LogP contribution in [0.15, 0.2) is 59.8 Å². The summed E-state index contributed by atoms with van der Waals surface area (Å²) in [5.74, 6) is -1.08. The van der Waals surface area contributed by atoms with Crippen molar-refractivity contribution >= 4 is 17.6 Å². The first-order valence-electron chi connectivity index (χ1n) is 8.84. The molecular formula is C21H16F3NO4. The van der Waals surface area contributed by atoms with Crippen molar-refractivity contribution in [1.82, 2.24) is 0 Å². The Morgan fingerprint density at radius 3 is 2.59 bits per heavy atom. The van der Waals surface area contributed by atoms with E-state index in [-0.39, 0.29) is 30.0 Å². The molecule has 29 heavy (non-hydrogen) atoms. The summed E-state index contributed by atoms with van der Waals surface area (Å²) in [6.45, 7) is -0.179. The van der Waals surface area contributed by atoms with E-state index >= 15 is 0 Å². The van der Waals surface area contributed by atoms with Crippen LogP contribution in [-0.4, -0.2) is 25.6 Å². The molecule has 0 radical (unpaired) electrons. The molecule has 5 nitrogen and oxygen atoms in total. The predicted molar refractivity (Wildman–Crippen MR) is 97.3 cm³/mol. The van der Waals surface area contributed by atoms with Crippen molar-refractivity contribution in [3.63, 3.8) is 0 Å². The molecule has 0 saturated carbocycles. The number of cyclic esters (lactones) is 1. The molecule has 0 saturated heterocycles. The normalized spacial score (nSPS) is 19.3. The van der Waals surface area contributed by atoms with Crippen LogP contribution in [0.2, 0.25) is 0 Å². The zero-order chi connectivity index (χ0) is 20.8. The Kier molecular flexibility index (Phi) is 4.56. The number of anilines is 1. The molecule has 0 bridgehead atoms. The number of para-hydroxylation sites is 1. The van der Waals surface area contributed by atoms with Gasteiger partial charge in [-0.15, -0.1) is 0 Å². The molecule has 0 unspecified atom stereocenters. The van der Waals surface area contributed by atoms with E-state index in [1.165, 1.54) is 19.2 Å². The van der Waals surface area contributed by atoms with Gasteiger partial charge >= 0.3 is 12.1 Å². The number of halogens is 3. The maximum Gasteiger partial charge on any atom is 0.416 e. The Hall–Kier alpha value is -3.29. The van der Waals surface area contributed by atoms with Gasteiger partial charge in [0, 0.05) is 23.6 Å². The van der Waals surface area contributed by atoms with E-state index in [0.29, 0.717) is 11.3 Å². The molecule has 0 aliphatic carbocycles. The largest absolute Gasteiger partial charge is 0.496 e. The van der Waals surface area contributed by atoms with Gasteiger partial charge in [-0.3, -0.25) is 9.69 Å². The molecule has 150 valence electrons. The van der Waals surface area contributed by atoms with Crippen molar-refractivity contribution in [3.05, 3.63) is 70.9 Å². The first-order chi connectivity index (χ1) is 13.8. The van der Waals surface area contributed by atoms with Gasteiger partial charge in [0.15, 0.2) is 0 Å². The molecule has 0 aromatic heterocycles. The second-order valence-corrected chi connectivity index (χ2v) is 6.71. The second kappa shape index (κ2) is 6.95. The number of esters is 1. The third-order valence-corrected chi connectivity index (χ3v) is 5.06. The van der Waals surface area contributed by atoms with Crippen molar-refractivity contribution in [2.45, 2.75) is 18.5 Å². The summed E-state index contributed by atoms with van der Waals surface area (Å²) in [4.78, 5) is 26.6. The number of hydrogen-bond acceptors (Lipinski definition) is 4. The van der Waals surface area contributed by atoms with E-state index in [4.69, 9.17) is 9.47 Å². The van der Waals surface area contributed by atoms with Crippen LogP contribution < -0.4 is 9.64 Å². The van der Waals surface area contributed by atoms with E-state index in [9.17, 15) is 22.8 Å². The number of ether oxygens (including phenoxy) is 2. The summed E-state index contributed by atoms with van der Waals surface area (Å²) >= 11 is 0. The highest BCUT2D eigenvalue weighted by Crippen LogP contribution is 2.44. The van der Waals surface area contributed by atoms with E-state index in [2.05, 4.69) is 0 Å². The van der Waals surface area contributed by atoms with Gasteiger partial charge in [0.2, 0.25) is 5.91 Å². The molecule has 2 aliphatic rings. The molecule has 0 N–H and O–H groups in total. The maximum atomic E-state index is 13.1. The van der Waals surface area contributed by atoms with Crippen molar-refractivity contribution in [1.29, 1.82) is 0 Å². The lowest BCUT2D eigenvalue weighted by atomic mass is 9.83. The van der Waals surface area contributed by atoms with Crippen molar-refractivity contribution in [2.24, 2.45) is 0 Å². The Morgan fingerprint density at radius 1 is 1.10 bits per heavy atom. The summed E-state index contributed by atoms with van der Waals surface area (Å²) < 4.78 is 49.9. The molecule has 1 atom stereocenters. The fourth-order valence-electron chi connectivity index (χ4n) is 3.80. The fourth-order valence-corrected chi connectivity index (χ4v) is 3.80. The SMILES string of the molecule is COc1ccccc1[C@@H]1CC(=O)N(c2cccc(C(F)(F)F)c2)C2=C1C(=O)OC2. The summed E-state index contributed by atoms with van der Waals surface area (Å²) in [5.41, 5.74) is 0.363. The van der Waals surface area contributed by atoms with Crippen molar-refractivity contribution in [3.8, 4) is 5.75 Å². The topological polar surface area (TPSA) is 55.8 Å². The van der Waals surface area contributed by atoms with Crippen LogP contribution in [0.25, 0.3) is 0 Å². The Balaban J connectivity index is 1.84. The number of methoxy groups -OCH3 is 1. The quantitative estimate of drug-likeness (QED) is 0.726. The molecule has 2 aromatic rings. The minimum Gasteiger partial charge on any atom is -0.496 e. The lowest BCUT2D eigenvalue weighted by Crippen LogP contribution is -2.37. The Labute approximate surface area is 164 Å². The van der Waals surface area contributed by atoms with Gasteiger partial charge < -0.3 is 9.47 Å². The number of amides is 1. The van der Waals surface area contributed by atoms with Crippen LogP contribution >= 0.6 is 0 Å². The first kappa shape index (κ1) is 19.0. The van der Waals surface area contributed by atoms with Crippen LogP contribution in [-0.2, 0) is 20.5 Å². The number of benzene rings is 2. The third kappa shape index (κ3) is 3.24. The number of carbonyl (C=O) groups is 2. The lowest BCUT2D eigenvalue weighted by Gasteiger charge is -2.32. The smallest absolute Gasteiger partial charge is 0.416 e. The monoisotopic (exact) mass is 403 g/mol. The van der Waals surface area contributed by atoms with E-state index < -0.39 is 29.5 Å². The number of nitrogens with zero attached hydrogens (tertiary/aromatic N) is 1. The van der Waals surface area contributed by atoms with E-state index in [1.54, 1.807) is 24.3 Å². The van der Waals surface area contributed by atoms with Crippen LogP contribution in [0.1, 0.15) is 23.5 Å². The predicted octanol–water partition coefficient (Wildman–Crippen LogP) is 4.05. The average Bonchev–Trinajstić information content (AvgIpc) is 3.08. The number of rotatable bonds is 3. The zero-order valence-corrected chi connectivity index (χ0v) is 15.3. The standard InChI is InChI=1S/C21H16F3NO4/c1-28-17-8-3-2-7-14(17)15-10-18(26)25(16-11-29-20(27)19(15)16)13-6-4-5-12(9-13)21(22,23)24/h2-9,15H,10-11H2,1H3/t15-/m0/s1. The van der Waals surface area contributed by atoms with Gasteiger partial charge in [-0.25, -0.2) is 4.79 Å². The molecule has 0 fully saturated rings. The van der Waals surface area contributed by atoms with Crippen LogP contribution in [0, 0.1) is 0 Å². The lowest BCUT2D eigenvalue weighted by molar-refractivity contribution is -0.138. The van der Waals surface area contributed by atoms with E-state index in [1.807, 2.05) is 0 Å². The Bertz CT molecular complexity index is 1030. The third-order valence-electron chi connectivity index (χ3n) is 5.06. The zero-order valence-electron chi connectivity index (χ0n) is 15.3. The molecule has 1 amide bonds. The van der Waals surface area contributed by atoms with E-state index in [0.717, 1.165) is 17.0 Å². The Morgan fingerprint density at radius 2 is 1.86 bits per heavy atom. The summed E-state index contributed by atoms with van der Waals surface area (Å²) in [6.07, 6.45) is -4.64. The maximum absolute atomic E-state index is 13.1. The number of alkyl halides is 3. The first-order valence-corrected chi connectivity index (χ1v) is 8.84. The van der Waals surface area contributed by atoms with Gasteiger partial charge in [0.25, 0.3) is 0 Å². The van der Waals surface area contributed by atoms with Gasteiger partial charge in [0.05, 0.1) is 23.9 Å². The molecule has 0 spiro atoms. The van der Waals surface area contributed by atoms with Gasteiger partial charge in [-0.2, -0.15) is 13.2 Å². The molecule has 2 aliphatic heterocycles. The summed E-state index contributed by atoms with van der Waals surface area (Å²) in [7, 11) is 1.49. The molecular weight excluding hydrogens is 387 g/mol. The van der Waals surface area contributed by atoms with Crippen LogP contribution in [0.5, 0.6) is 5.75 Å². The molecule has 2 aromatic carbocycles. The van der Waals surface area contributed by atoms with Crippen molar-refractivity contribution < 1.29 is 32.2 Å². The van der Waals surface area contributed by atoms with Crippen molar-refractivity contribution in [2.75, 3.05) is 18.6 Å². The number of carbonyl (C=O) groups excluding carboxylic acids is 2. The van der Waals surface area contributed by atoms with Gasteiger partial charge in [-0.05, 0) is 24.3 Å². The highest BCUT2D eigenvalue weighted by atomic mass is 19.4. The molecule has 2 heterocycles. The second-order valence-electron chi connectivity index (χ2n) is 6.71.